The molecule has 0 radical (unpaired) electrons. The summed E-state index contributed by atoms with van der Waals surface area (Å²) in [5.74, 6) is -2.44. The average Bonchev–Trinajstić information content (AvgIpc) is 2.37. The zero-order valence-corrected chi connectivity index (χ0v) is 11.4. The quantitative estimate of drug-likeness (QED) is 0.780. The van der Waals surface area contributed by atoms with Crippen LogP contribution in [0.2, 0.25) is 0 Å². The van der Waals surface area contributed by atoms with E-state index in [1.807, 2.05) is 0 Å². The molecule has 0 fully saturated rings. The summed E-state index contributed by atoms with van der Waals surface area (Å²) in [6.07, 6.45) is 2.73. The Bertz CT molecular complexity index is 630. The third-order valence-electron chi connectivity index (χ3n) is 2.46. The molecule has 5 nitrogen and oxygen atoms in total. The molecule has 7 heteroatoms. The van der Waals surface area contributed by atoms with E-state index in [-0.39, 0.29) is 18.7 Å². The first-order chi connectivity index (χ1) is 9.34. The van der Waals surface area contributed by atoms with Gasteiger partial charge < -0.3 is 5.11 Å². The van der Waals surface area contributed by atoms with Gasteiger partial charge in [-0.1, -0.05) is 12.2 Å². The molecule has 0 unspecified atom stereocenters. The third kappa shape index (κ3) is 3.31. The van der Waals surface area contributed by atoms with Gasteiger partial charge in [0, 0.05) is 13.1 Å². The Hall–Kier alpha value is -1.99. The molecule has 0 bridgehead atoms. The number of carboxylic acid groups (broad SMARTS) is 1. The summed E-state index contributed by atoms with van der Waals surface area (Å²) < 4.78 is 39.3. The molecule has 108 valence electrons. The largest absolute Gasteiger partial charge is 0.478 e. The molecule has 0 heterocycles. The van der Waals surface area contributed by atoms with Gasteiger partial charge in [0.25, 0.3) is 0 Å². The summed E-state index contributed by atoms with van der Waals surface area (Å²) in [5, 5.41) is 8.73. The zero-order valence-electron chi connectivity index (χ0n) is 10.6. The molecule has 0 atom stereocenters. The number of aromatic carboxylic acids is 1. The van der Waals surface area contributed by atoms with Gasteiger partial charge in [-0.2, -0.15) is 4.31 Å². The fourth-order valence-corrected chi connectivity index (χ4v) is 2.97. The van der Waals surface area contributed by atoms with Crippen LogP contribution in [0, 0.1) is 5.82 Å². The van der Waals surface area contributed by atoms with Crippen molar-refractivity contribution in [3.05, 3.63) is 54.9 Å². The maximum atomic E-state index is 13.8. The first kappa shape index (κ1) is 16.1. The lowest BCUT2D eigenvalue weighted by Gasteiger charge is -2.19. The molecule has 0 saturated carbocycles. The molecule has 20 heavy (non-hydrogen) atoms. The number of benzene rings is 1. The maximum Gasteiger partial charge on any atom is 0.335 e. The molecule has 1 aromatic rings. The van der Waals surface area contributed by atoms with Crippen molar-refractivity contribution in [2.75, 3.05) is 13.1 Å². The Labute approximate surface area is 116 Å². The minimum absolute atomic E-state index is 0.00548. The topological polar surface area (TPSA) is 74.7 Å². The number of hydrogen-bond acceptors (Lipinski definition) is 3. The molecule has 1 rings (SSSR count). The highest BCUT2D eigenvalue weighted by molar-refractivity contribution is 7.89. The second kappa shape index (κ2) is 6.44. The van der Waals surface area contributed by atoms with Crippen molar-refractivity contribution in [1.82, 2.24) is 4.31 Å². The van der Waals surface area contributed by atoms with Crippen LogP contribution in [0.3, 0.4) is 0 Å². The summed E-state index contributed by atoms with van der Waals surface area (Å²) in [4.78, 5) is 10.1. The molecule has 0 aliphatic heterocycles. The van der Waals surface area contributed by atoms with Gasteiger partial charge in [-0.25, -0.2) is 17.6 Å². The van der Waals surface area contributed by atoms with Crippen molar-refractivity contribution < 1.29 is 22.7 Å². The van der Waals surface area contributed by atoms with E-state index in [0.29, 0.717) is 6.07 Å². The van der Waals surface area contributed by atoms with Crippen molar-refractivity contribution in [2.45, 2.75) is 4.90 Å². The van der Waals surface area contributed by atoms with Gasteiger partial charge in [0.05, 0.1) is 5.56 Å². The number of nitrogens with zero attached hydrogens (tertiary/aromatic N) is 1. The number of carboxylic acids is 1. The highest BCUT2D eigenvalue weighted by Crippen LogP contribution is 2.20. The average molecular weight is 299 g/mol. The van der Waals surface area contributed by atoms with Crippen LogP contribution in [0.4, 0.5) is 4.39 Å². The fourth-order valence-electron chi connectivity index (χ4n) is 1.54. The number of sulfonamides is 1. The fraction of sp³-hybridized carbons (Fsp3) is 0.154. The Morgan fingerprint density at radius 2 is 1.85 bits per heavy atom. The monoisotopic (exact) mass is 299 g/mol. The van der Waals surface area contributed by atoms with Gasteiger partial charge in [0.15, 0.2) is 0 Å². The van der Waals surface area contributed by atoms with Crippen LogP contribution < -0.4 is 0 Å². The van der Waals surface area contributed by atoms with Crippen LogP contribution in [0.15, 0.2) is 48.4 Å². The lowest BCUT2D eigenvalue weighted by molar-refractivity contribution is 0.0696. The first-order valence-corrected chi connectivity index (χ1v) is 7.03. The number of halogens is 1. The van der Waals surface area contributed by atoms with E-state index in [9.17, 15) is 17.6 Å². The molecule has 0 aromatic heterocycles. The maximum absolute atomic E-state index is 13.8. The predicted molar refractivity (Wildman–Crippen MR) is 72.5 cm³/mol. The van der Waals surface area contributed by atoms with E-state index >= 15 is 0 Å². The highest BCUT2D eigenvalue weighted by atomic mass is 32.2. The van der Waals surface area contributed by atoms with Gasteiger partial charge >= 0.3 is 5.97 Å². The molecule has 1 N–H and O–H groups in total. The van der Waals surface area contributed by atoms with Crippen molar-refractivity contribution in [3.63, 3.8) is 0 Å². The van der Waals surface area contributed by atoms with Gasteiger partial charge in [0.2, 0.25) is 10.0 Å². The molecule has 0 saturated heterocycles. The summed E-state index contributed by atoms with van der Waals surface area (Å²) in [6.45, 7) is 6.86. The number of carbonyl (C=O) groups is 1. The molecule has 0 aliphatic rings. The number of hydrogen-bond donors (Lipinski definition) is 1. The molecular formula is C13H14FNO4S. The van der Waals surface area contributed by atoms with Crippen LogP contribution in [-0.2, 0) is 10.0 Å². The van der Waals surface area contributed by atoms with Crippen LogP contribution >= 0.6 is 0 Å². The Balaban J connectivity index is 3.30. The Morgan fingerprint density at radius 1 is 1.30 bits per heavy atom. The highest BCUT2D eigenvalue weighted by Gasteiger charge is 2.26. The second-order valence-corrected chi connectivity index (χ2v) is 5.76. The number of rotatable bonds is 7. The van der Waals surface area contributed by atoms with E-state index in [2.05, 4.69) is 13.2 Å². The predicted octanol–water partition coefficient (Wildman–Crippen LogP) is 1.89. The second-order valence-electron chi connectivity index (χ2n) is 3.85. The minimum atomic E-state index is -4.08. The summed E-state index contributed by atoms with van der Waals surface area (Å²) >= 11 is 0. The van der Waals surface area contributed by atoms with E-state index in [1.54, 1.807) is 0 Å². The van der Waals surface area contributed by atoms with Gasteiger partial charge in [-0.05, 0) is 18.2 Å². The minimum Gasteiger partial charge on any atom is -0.478 e. The van der Waals surface area contributed by atoms with Gasteiger partial charge in [-0.3, -0.25) is 0 Å². The third-order valence-corrected chi connectivity index (χ3v) is 4.33. The molecule has 1 aromatic carbocycles. The van der Waals surface area contributed by atoms with E-state index in [0.717, 1.165) is 16.4 Å². The van der Waals surface area contributed by atoms with Crippen molar-refractivity contribution in [2.24, 2.45) is 0 Å². The van der Waals surface area contributed by atoms with Gasteiger partial charge in [-0.15, -0.1) is 13.2 Å². The lowest BCUT2D eigenvalue weighted by Crippen LogP contribution is -2.32. The zero-order chi connectivity index (χ0) is 15.3. The molecular weight excluding hydrogens is 285 g/mol. The van der Waals surface area contributed by atoms with Gasteiger partial charge in [0.1, 0.15) is 10.7 Å². The van der Waals surface area contributed by atoms with Crippen LogP contribution in [0.25, 0.3) is 0 Å². The van der Waals surface area contributed by atoms with Crippen LogP contribution in [0.1, 0.15) is 10.4 Å². The summed E-state index contributed by atoms with van der Waals surface area (Å²) in [7, 11) is -4.08. The van der Waals surface area contributed by atoms with Crippen LogP contribution in [-0.4, -0.2) is 36.9 Å². The lowest BCUT2D eigenvalue weighted by atomic mass is 10.2. The van der Waals surface area contributed by atoms with Crippen molar-refractivity contribution in [3.8, 4) is 0 Å². The Kier molecular flexibility index (Phi) is 5.18. The van der Waals surface area contributed by atoms with E-state index in [1.165, 1.54) is 12.2 Å². The smallest absolute Gasteiger partial charge is 0.335 e. The molecule has 0 spiro atoms. The summed E-state index contributed by atoms with van der Waals surface area (Å²) in [6, 6.07) is 2.65. The van der Waals surface area contributed by atoms with E-state index < -0.39 is 26.7 Å². The standard InChI is InChI=1S/C13H14FNO4S/c1-3-7-15(8-4-2)20(18,19)12-6-5-10(13(16)17)9-11(12)14/h3-6,9H,1-2,7-8H2,(H,16,17). The van der Waals surface area contributed by atoms with E-state index in [4.69, 9.17) is 5.11 Å². The van der Waals surface area contributed by atoms with Crippen molar-refractivity contribution >= 4 is 16.0 Å². The van der Waals surface area contributed by atoms with Crippen molar-refractivity contribution in [1.29, 1.82) is 0 Å². The molecule has 0 aliphatic carbocycles. The summed E-state index contributed by atoms with van der Waals surface area (Å²) in [5.41, 5.74) is -0.319. The Morgan fingerprint density at radius 3 is 2.25 bits per heavy atom. The molecule has 0 amide bonds. The SMILES string of the molecule is C=CCN(CC=C)S(=O)(=O)c1ccc(C(=O)O)cc1F. The van der Waals surface area contributed by atoms with Crippen LogP contribution in [0.5, 0.6) is 0 Å². The first-order valence-electron chi connectivity index (χ1n) is 5.59. The normalized spacial score (nSPS) is 11.3.